The molecule has 12 nitrogen and oxygen atoms in total. The number of nitrogens with two attached hydrogens (primary N) is 4. The van der Waals surface area contributed by atoms with E-state index in [0.29, 0.717) is 0 Å². The lowest BCUT2D eigenvalue weighted by Crippen LogP contribution is -2.43. The van der Waals surface area contributed by atoms with Crippen molar-refractivity contribution in [3.05, 3.63) is 0 Å². The maximum Gasteiger partial charge on any atom is 0.343 e. The van der Waals surface area contributed by atoms with Crippen LogP contribution in [-0.2, 0) is 0 Å². The molecule has 0 fully saturated rings. The summed E-state index contributed by atoms with van der Waals surface area (Å²) in [4.78, 5) is 19.4. The first-order valence-electron chi connectivity index (χ1n) is 3.70. The Labute approximate surface area is 91.2 Å². The summed E-state index contributed by atoms with van der Waals surface area (Å²) in [6.07, 6.45) is 0. The van der Waals surface area contributed by atoms with Crippen LogP contribution in [0.25, 0.3) is 0 Å². The summed E-state index contributed by atoms with van der Waals surface area (Å²) in [7, 11) is 0. The summed E-state index contributed by atoms with van der Waals surface area (Å²) < 4.78 is 0. The molecule has 0 aromatic heterocycles. The van der Waals surface area contributed by atoms with E-state index in [0.717, 1.165) is 0 Å². The van der Waals surface area contributed by atoms with Gasteiger partial charge in [0, 0.05) is 0 Å². The lowest BCUT2D eigenvalue weighted by atomic mass is 10.8. The summed E-state index contributed by atoms with van der Waals surface area (Å²) in [6.45, 7) is -0.250. The maximum absolute atomic E-state index is 9.71. The Balaban J connectivity index is -0.000000162. The Bertz CT molecular complexity index is 136. The molecular weight excluding hydrogens is 224 g/mol. The molecule has 0 saturated heterocycles. The number of amides is 4. The molecular formula is C4H18N8O4. The van der Waals surface area contributed by atoms with Gasteiger partial charge >= 0.3 is 12.1 Å². The van der Waals surface area contributed by atoms with Gasteiger partial charge in [0.05, 0.1) is 13.2 Å². The first-order chi connectivity index (χ1) is 7.53. The number of aliphatic hydroxyl groups excluding tert-OH is 2. The second-order valence-corrected chi connectivity index (χ2v) is 1.68. The highest BCUT2D eigenvalue weighted by molar-refractivity contribution is 5.72. The van der Waals surface area contributed by atoms with Crippen LogP contribution >= 0.6 is 0 Å². The maximum atomic E-state index is 9.71. The van der Waals surface area contributed by atoms with Crippen LogP contribution < -0.4 is 45.1 Å². The molecule has 0 rings (SSSR count). The average Bonchev–Trinajstić information content (AvgIpc) is 2.37. The van der Waals surface area contributed by atoms with Gasteiger partial charge in [-0.15, -0.1) is 0 Å². The fourth-order valence-electron chi connectivity index (χ4n) is 0.0833. The van der Waals surface area contributed by atoms with Crippen molar-refractivity contribution in [1.82, 2.24) is 21.7 Å². The number of hydrazine groups is 4. The Hall–Kier alpha value is -1.70. The smallest absolute Gasteiger partial charge is 0.343 e. The van der Waals surface area contributed by atoms with Crippen molar-refractivity contribution >= 4 is 12.1 Å². The lowest BCUT2D eigenvalue weighted by molar-refractivity contribution is 0.186. The fraction of sp³-hybridized carbons (Fsp3) is 0.500. The van der Waals surface area contributed by atoms with E-state index in [1.165, 1.54) is 0 Å². The number of hydrogen-bond acceptors (Lipinski definition) is 8. The summed E-state index contributed by atoms with van der Waals surface area (Å²) in [5.41, 5.74) is 6.96. The molecule has 0 aliphatic carbocycles. The molecule has 0 heterocycles. The van der Waals surface area contributed by atoms with Crippen LogP contribution in [0.1, 0.15) is 0 Å². The van der Waals surface area contributed by atoms with Crippen molar-refractivity contribution in [1.29, 1.82) is 0 Å². The van der Waals surface area contributed by atoms with Crippen molar-refractivity contribution < 1.29 is 19.8 Å². The number of carbonyl (C=O) groups excluding carboxylic acids is 2. The molecule has 0 bridgehead atoms. The van der Waals surface area contributed by atoms with Crippen molar-refractivity contribution in [2.75, 3.05) is 13.2 Å². The summed E-state index contributed by atoms with van der Waals surface area (Å²) >= 11 is 0. The summed E-state index contributed by atoms with van der Waals surface area (Å²) in [5.74, 6) is 18.2. The van der Waals surface area contributed by atoms with Crippen LogP contribution in [0, 0.1) is 0 Å². The normalized spacial score (nSPS) is 7.12. The molecule has 0 aliphatic heterocycles. The third kappa shape index (κ3) is 29.5. The molecule has 0 aromatic carbocycles. The molecule has 0 spiro atoms. The molecule has 0 saturated carbocycles. The molecule has 12 heteroatoms. The number of rotatable bonds is 1. The van der Waals surface area contributed by atoms with E-state index >= 15 is 0 Å². The first kappa shape index (κ1) is 19.8. The monoisotopic (exact) mass is 242 g/mol. The minimum Gasteiger partial charge on any atom is -0.394 e. The number of urea groups is 2. The average molecular weight is 242 g/mol. The number of aliphatic hydroxyl groups is 2. The predicted octanol–water partition coefficient (Wildman–Crippen LogP) is -4.96. The van der Waals surface area contributed by atoms with Crippen molar-refractivity contribution in [3.8, 4) is 0 Å². The molecule has 0 radical (unpaired) electrons. The Kier molecular flexibility index (Phi) is 23.5. The molecule has 0 aromatic rings. The number of nitrogens with one attached hydrogen (secondary N) is 4. The van der Waals surface area contributed by atoms with Crippen LogP contribution in [0.2, 0.25) is 0 Å². The second-order valence-electron chi connectivity index (χ2n) is 1.68. The van der Waals surface area contributed by atoms with Crippen LogP contribution in [-0.4, -0.2) is 35.5 Å². The van der Waals surface area contributed by atoms with Crippen molar-refractivity contribution in [3.63, 3.8) is 0 Å². The summed E-state index contributed by atoms with van der Waals surface area (Å²) in [5, 5.41) is 15.2. The minimum absolute atomic E-state index is 0.125. The highest BCUT2D eigenvalue weighted by Crippen LogP contribution is 1.43. The SMILES string of the molecule is NNC(=O)NN.NNC(=O)NN.OCCO. The third-order valence-corrected chi connectivity index (χ3v) is 0.624. The number of hydrogen-bond donors (Lipinski definition) is 10. The zero-order valence-corrected chi connectivity index (χ0v) is 8.43. The number of carbonyl (C=O) groups is 2. The minimum atomic E-state index is -0.602. The topological polar surface area (TPSA) is 227 Å². The molecule has 0 aliphatic rings. The molecule has 4 amide bonds. The van der Waals surface area contributed by atoms with Gasteiger partial charge in [-0.05, 0) is 0 Å². The lowest BCUT2D eigenvalue weighted by Gasteiger charge is -1.90. The van der Waals surface area contributed by atoms with Crippen LogP contribution in [0.15, 0.2) is 0 Å². The highest BCUT2D eigenvalue weighted by atomic mass is 16.3. The first-order valence-corrected chi connectivity index (χ1v) is 3.70. The van der Waals surface area contributed by atoms with Gasteiger partial charge in [0.25, 0.3) is 0 Å². The van der Waals surface area contributed by atoms with E-state index in [4.69, 9.17) is 10.2 Å². The second kappa shape index (κ2) is 19.0. The van der Waals surface area contributed by atoms with E-state index in [1.54, 1.807) is 21.7 Å². The van der Waals surface area contributed by atoms with Gasteiger partial charge in [-0.1, -0.05) is 0 Å². The van der Waals surface area contributed by atoms with Gasteiger partial charge in [0.15, 0.2) is 0 Å². The van der Waals surface area contributed by atoms with E-state index in [-0.39, 0.29) is 13.2 Å². The van der Waals surface area contributed by atoms with E-state index < -0.39 is 12.1 Å². The van der Waals surface area contributed by atoms with Crippen molar-refractivity contribution in [2.24, 2.45) is 23.4 Å². The molecule has 14 N–H and O–H groups in total. The van der Waals surface area contributed by atoms with Gasteiger partial charge < -0.3 is 10.2 Å². The zero-order valence-electron chi connectivity index (χ0n) is 8.43. The van der Waals surface area contributed by atoms with Gasteiger partial charge in [-0.3, -0.25) is 21.7 Å². The predicted molar refractivity (Wildman–Crippen MR) is 54.3 cm³/mol. The Morgan fingerprint density at radius 3 is 0.938 bits per heavy atom. The van der Waals surface area contributed by atoms with Gasteiger partial charge in [-0.25, -0.2) is 33.0 Å². The molecule has 98 valence electrons. The quantitative estimate of drug-likeness (QED) is 0.121. The summed E-state index contributed by atoms with van der Waals surface area (Å²) in [6, 6.07) is -1.20. The van der Waals surface area contributed by atoms with Crippen LogP contribution in [0.5, 0.6) is 0 Å². The van der Waals surface area contributed by atoms with Gasteiger partial charge in [0.2, 0.25) is 0 Å². The molecule has 16 heavy (non-hydrogen) atoms. The standard InChI is InChI=1S/C2H6O2.2CH6N4O/c3-1-2-4;2*2-4-1(6)5-3/h3-4H,1-2H2;2*2-3H2,(H2,4,5,6). The van der Waals surface area contributed by atoms with Gasteiger partial charge in [-0.2, -0.15) is 0 Å². The highest BCUT2D eigenvalue weighted by Gasteiger charge is 1.83. The molecule has 0 unspecified atom stereocenters. The van der Waals surface area contributed by atoms with Crippen molar-refractivity contribution in [2.45, 2.75) is 0 Å². The third-order valence-electron chi connectivity index (χ3n) is 0.624. The van der Waals surface area contributed by atoms with Crippen LogP contribution in [0.3, 0.4) is 0 Å². The largest absolute Gasteiger partial charge is 0.394 e. The van der Waals surface area contributed by atoms with Gasteiger partial charge in [0.1, 0.15) is 0 Å². The zero-order chi connectivity index (χ0) is 13.4. The Morgan fingerprint density at radius 1 is 0.750 bits per heavy atom. The van der Waals surface area contributed by atoms with Crippen LogP contribution in [0.4, 0.5) is 9.59 Å². The van der Waals surface area contributed by atoms with E-state index in [9.17, 15) is 9.59 Å². The fourth-order valence-corrected chi connectivity index (χ4v) is 0.0833. The van der Waals surface area contributed by atoms with E-state index in [2.05, 4.69) is 23.4 Å². The molecule has 0 atom stereocenters. The Morgan fingerprint density at radius 2 is 0.938 bits per heavy atom. The van der Waals surface area contributed by atoms with E-state index in [1.807, 2.05) is 0 Å².